The number of likely N-dealkylation sites (tertiary alicyclic amines) is 1. The van der Waals surface area contributed by atoms with Crippen LogP contribution in [-0.2, 0) is 6.54 Å². The van der Waals surface area contributed by atoms with Crippen LogP contribution in [0.2, 0.25) is 0 Å². The summed E-state index contributed by atoms with van der Waals surface area (Å²) in [6.45, 7) is 9.92. The van der Waals surface area contributed by atoms with Gasteiger partial charge in [-0.05, 0) is 57.2 Å². The zero-order valence-electron chi connectivity index (χ0n) is 13.3. The highest BCUT2D eigenvalue weighted by molar-refractivity contribution is 5.01. The van der Waals surface area contributed by atoms with E-state index in [1.165, 1.54) is 25.7 Å². The van der Waals surface area contributed by atoms with Gasteiger partial charge in [0.1, 0.15) is 0 Å². The lowest BCUT2D eigenvalue weighted by atomic mass is 9.98. The van der Waals surface area contributed by atoms with Gasteiger partial charge < -0.3 is 9.84 Å². The molecule has 2 heterocycles. The maximum atomic E-state index is 5.35. The Morgan fingerprint density at radius 1 is 1.33 bits per heavy atom. The van der Waals surface area contributed by atoms with Crippen LogP contribution in [-0.4, -0.2) is 41.2 Å². The van der Waals surface area contributed by atoms with Crippen molar-refractivity contribution in [2.24, 2.45) is 11.8 Å². The number of nitrogens with zero attached hydrogens (tertiary/aromatic N) is 3. The third-order valence-electron chi connectivity index (χ3n) is 4.36. The second kappa shape index (κ2) is 6.88. The zero-order chi connectivity index (χ0) is 14.7. The number of rotatable bonds is 7. The molecule has 1 aromatic rings. The molecule has 0 bridgehead atoms. The van der Waals surface area contributed by atoms with Crippen molar-refractivity contribution >= 4 is 0 Å². The van der Waals surface area contributed by atoms with Crippen LogP contribution >= 0.6 is 0 Å². The van der Waals surface area contributed by atoms with Crippen molar-refractivity contribution in [2.45, 2.75) is 52.0 Å². The SMILES string of the molecule is CC(C)CNCC1CCCN(Cc2noc(C3CC3)n2)C1. The van der Waals surface area contributed by atoms with Crippen LogP contribution in [0.3, 0.4) is 0 Å². The third kappa shape index (κ3) is 4.51. The Kier molecular flexibility index (Phi) is 4.91. The van der Waals surface area contributed by atoms with Gasteiger partial charge in [0.2, 0.25) is 5.89 Å². The second-order valence-corrected chi connectivity index (χ2v) is 7.12. The molecule has 21 heavy (non-hydrogen) atoms. The van der Waals surface area contributed by atoms with Gasteiger partial charge in [0.25, 0.3) is 0 Å². The van der Waals surface area contributed by atoms with Gasteiger partial charge in [0, 0.05) is 12.5 Å². The minimum atomic E-state index is 0.556. The van der Waals surface area contributed by atoms with E-state index in [0.717, 1.165) is 56.3 Å². The monoisotopic (exact) mass is 292 g/mol. The predicted octanol–water partition coefficient (Wildman–Crippen LogP) is 2.40. The van der Waals surface area contributed by atoms with Gasteiger partial charge in [-0.25, -0.2) is 0 Å². The van der Waals surface area contributed by atoms with Gasteiger partial charge in [-0.2, -0.15) is 4.98 Å². The Morgan fingerprint density at radius 3 is 2.95 bits per heavy atom. The fraction of sp³-hybridized carbons (Fsp3) is 0.875. The van der Waals surface area contributed by atoms with E-state index in [2.05, 4.69) is 34.2 Å². The molecular weight excluding hydrogens is 264 g/mol. The van der Waals surface area contributed by atoms with E-state index in [-0.39, 0.29) is 0 Å². The molecule has 1 aliphatic carbocycles. The van der Waals surface area contributed by atoms with Crippen LogP contribution in [0.25, 0.3) is 0 Å². The maximum Gasteiger partial charge on any atom is 0.229 e. The largest absolute Gasteiger partial charge is 0.339 e. The van der Waals surface area contributed by atoms with E-state index in [9.17, 15) is 0 Å². The van der Waals surface area contributed by atoms with E-state index < -0.39 is 0 Å². The average molecular weight is 292 g/mol. The quantitative estimate of drug-likeness (QED) is 0.836. The first-order chi connectivity index (χ1) is 10.2. The summed E-state index contributed by atoms with van der Waals surface area (Å²) < 4.78 is 5.35. The lowest BCUT2D eigenvalue weighted by molar-refractivity contribution is 0.160. The third-order valence-corrected chi connectivity index (χ3v) is 4.36. The molecule has 0 amide bonds. The first-order valence-corrected chi connectivity index (χ1v) is 8.46. The van der Waals surface area contributed by atoms with Crippen molar-refractivity contribution in [3.8, 4) is 0 Å². The van der Waals surface area contributed by atoms with Crippen LogP contribution in [0, 0.1) is 11.8 Å². The first kappa shape index (κ1) is 15.0. The minimum Gasteiger partial charge on any atom is -0.339 e. The smallest absolute Gasteiger partial charge is 0.229 e. The molecule has 5 nitrogen and oxygen atoms in total. The molecule has 1 saturated heterocycles. The number of hydrogen-bond donors (Lipinski definition) is 1. The Labute approximate surface area is 127 Å². The second-order valence-electron chi connectivity index (χ2n) is 7.12. The van der Waals surface area contributed by atoms with Crippen LogP contribution in [0.1, 0.15) is 57.2 Å². The number of nitrogens with one attached hydrogen (secondary N) is 1. The normalized spacial score (nSPS) is 23.9. The lowest BCUT2D eigenvalue weighted by Gasteiger charge is -2.32. The molecule has 1 atom stereocenters. The summed E-state index contributed by atoms with van der Waals surface area (Å²) in [5, 5.41) is 7.73. The first-order valence-electron chi connectivity index (χ1n) is 8.46. The fourth-order valence-corrected chi connectivity index (χ4v) is 3.07. The number of aromatic nitrogens is 2. The van der Waals surface area contributed by atoms with Crippen molar-refractivity contribution in [2.75, 3.05) is 26.2 Å². The van der Waals surface area contributed by atoms with Gasteiger partial charge in [-0.3, -0.25) is 4.90 Å². The molecule has 1 aliphatic heterocycles. The predicted molar refractivity (Wildman–Crippen MR) is 82.0 cm³/mol. The summed E-state index contributed by atoms with van der Waals surface area (Å²) in [4.78, 5) is 7.02. The highest BCUT2D eigenvalue weighted by Gasteiger charge is 2.30. The molecule has 1 aromatic heterocycles. The van der Waals surface area contributed by atoms with Crippen LogP contribution in [0.5, 0.6) is 0 Å². The summed E-state index contributed by atoms with van der Waals surface area (Å²) in [5.74, 6) is 3.77. The Hall–Kier alpha value is -0.940. The Bertz CT molecular complexity index is 441. The summed E-state index contributed by atoms with van der Waals surface area (Å²) in [7, 11) is 0. The minimum absolute atomic E-state index is 0.556. The molecule has 5 heteroatoms. The topological polar surface area (TPSA) is 54.2 Å². The molecule has 2 fully saturated rings. The summed E-state index contributed by atoms with van der Waals surface area (Å²) in [6, 6.07) is 0. The summed E-state index contributed by atoms with van der Waals surface area (Å²) in [6.07, 6.45) is 5.05. The molecule has 1 N–H and O–H groups in total. The van der Waals surface area contributed by atoms with Crippen molar-refractivity contribution in [1.82, 2.24) is 20.4 Å². The van der Waals surface area contributed by atoms with Crippen LogP contribution in [0.4, 0.5) is 0 Å². The van der Waals surface area contributed by atoms with E-state index in [4.69, 9.17) is 4.52 Å². The van der Waals surface area contributed by atoms with Crippen molar-refractivity contribution in [3.63, 3.8) is 0 Å². The molecule has 0 aromatic carbocycles. The van der Waals surface area contributed by atoms with Gasteiger partial charge in [-0.15, -0.1) is 0 Å². The average Bonchev–Trinajstić information content (AvgIpc) is 3.20. The summed E-state index contributed by atoms with van der Waals surface area (Å²) in [5.41, 5.74) is 0. The molecule has 0 radical (unpaired) electrons. The number of piperidine rings is 1. The van der Waals surface area contributed by atoms with Gasteiger partial charge in [0.15, 0.2) is 5.82 Å². The molecule has 2 aliphatic rings. The van der Waals surface area contributed by atoms with Gasteiger partial charge in [-0.1, -0.05) is 19.0 Å². The molecule has 1 saturated carbocycles. The van der Waals surface area contributed by atoms with Gasteiger partial charge >= 0.3 is 0 Å². The van der Waals surface area contributed by atoms with E-state index >= 15 is 0 Å². The highest BCUT2D eigenvalue weighted by Crippen LogP contribution is 2.38. The Balaban J connectivity index is 1.44. The lowest BCUT2D eigenvalue weighted by Crippen LogP contribution is -2.40. The molecular formula is C16H28N4O. The van der Waals surface area contributed by atoms with E-state index in [1.54, 1.807) is 0 Å². The molecule has 118 valence electrons. The maximum absolute atomic E-state index is 5.35. The van der Waals surface area contributed by atoms with E-state index in [1.807, 2.05) is 0 Å². The molecule has 1 unspecified atom stereocenters. The van der Waals surface area contributed by atoms with Crippen LogP contribution < -0.4 is 5.32 Å². The molecule has 0 spiro atoms. The summed E-state index contributed by atoms with van der Waals surface area (Å²) >= 11 is 0. The van der Waals surface area contributed by atoms with Gasteiger partial charge in [0.05, 0.1) is 6.54 Å². The van der Waals surface area contributed by atoms with Crippen molar-refractivity contribution in [1.29, 1.82) is 0 Å². The standard InChI is InChI=1S/C16H28N4O/c1-12(2)8-17-9-13-4-3-7-20(10-13)11-15-18-16(21-19-15)14-5-6-14/h12-14,17H,3-11H2,1-2H3. The van der Waals surface area contributed by atoms with E-state index in [0.29, 0.717) is 5.92 Å². The van der Waals surface area contributed by atoms with Crippen molar-refractivity contribution < 1.29 is 4.52 Å². The number of hydrogen-bond acceptors (Lipinski definition) is 5. The zero-order valence-corrected chi connectivity index (χ0v) is 13.3. The highest BCUT2D eigenvalue weighted by atomic mass is 16.5. The molecule has 3 rings (SSSR count). The van der Waals surface area contributed by atoms with Crippen LogP contribution in [0.15, 0.2) is 4.52 Å². The van der Waals surface area contributed by atoms with Crippen molar-refractivity contribution in [3.05, 3.63) is 11.7 Å². The fourth-order valence-electron chi connectivity index (χ4n) is 3.07. The Morgan fingerprint density at radius 2 is 2.19 bits per heavy atom.